The Hall–Kier alpha value is -1.35. The lowest BCUT2D eigenvalue weighted by molar-refractivity contribution is -0.144. The lowest BCUT2D eigenvalue weighted by Crippen LogP contribution is -2.62. The molecule has 3 aliphatic rings. The molecule has 1 aromatic rings. The fourth-order valence-corrected chi connectivity index (χ4v) is 4.30. The van der Waals surface area contributed by atoms with Gasteiger partial charge in [-0.25, -0.2) is 0 Å². The van der Waals surface area contributed by atoms with Crippen LogP contribution in [0.25, 0.3) is 0 Å². The standard InChI is InChI=1S/C19H26N2O/c22-19(16-7-2-1-3-8-16)21-13-18(14-21)20-11-10-15-6-4-5-9-17(15)12-20/h4-6,9,16,18H,1-3,7-8,10-14H2. The minimum atomic E-state index is 0.330. The van der Waals surface area contributed by atoms with Crippen molar-refractivity contribution < 1.29 is 4.79 Å². The van der Waals surface area contributed by atoms with Gasteiger partial charge < -0.3 is 4.90 Å². The van der Waals surface area contributed by atoms with Crippen molar-refractivity contribution in [3.63, 3.8) is 0 Å². The summed E-state index contributed by atoms with van der Waals surface area (Å²) < 4.78 is 0. The van der Waals surface area contributed by atoms with Gasteiger partial charge in [0.2, 0.25) is 5.91 Å². The summed E-state index contributed by atoms with van der Waals surface area (Å²) in [6.45, 7) is 4.12. The van der Waals surface area contributed by atoms with E-state index in [1.807, 2.05) is 0 Å². The second-order valence-corrected chi connectivity index (χ2v) is 7.22. The second kappa shape index (κ2) is 6.04. The molecule has 0 unspecified atom stereocenters. The predicted octanol–water partition coefficient (Wildman–Crippen LogP) is 2.84. The van der Waals surface area contributed by atoms with E-state index in [1.54, 1.807) is 0 Å². The average molecular weight is 298 g/mol. The highest BCUT2D eigenvalue weighted by molar-refractivity contribution is 5.79. The van der Waals surface area contributed by atoms with E-state index in [1.165, 1.54) is 30.4 Å². The Balaban J connectivity index is 1.31. The number of hydrogen-bond acceptors (Lipinski definition) is 2. The van der Waals surface area contributed by atoms with Gasteiger partial charge in [-0.15, -0.1) is 0 Å². The first-order chi connectivity index (χ1) is 10.8. The number of likely N-dealkylation sites (tertiary alicyclic amines) is 1. The molecule has 1 aliphatic carbocycles. The number of carbonyl (C=O) groups excluding carboxylic acids is 1. The van der Waals surface area contributed by atoms with Gasteiger partial charge in [0.15, 0.2) is 0 Å². The van der Waals surface area contributed by atoms with Gasteiger partial charge in [-0.3, -0.25) is 9.69 Å². The van der Waals surface area contributed by atoms with E-state index < -0.39 is 0 Å². The number of nitrogens with zero attached hydrogens (tertiary/aromatic N) is 2. The molecular formula is C19H26N2O. The van der Waals surface area contributed by atoms with Crippen LogP contribution in [0.2, 0.25) is 0 Å². The van der Waals surface area contributed by atoms with Crippen LogP contribution in [-0.2, 0) is 17.8 Å². The topological polar surface area (TPSA) is 23.6 Å². The van der Waals surface area contributed by atoms with Crippen LogP contribution < -0.4 is 0 Å². The van der Waals surface area contributed by atoms with Crippen molar-refractivity contribution in [3.05, 3.63) is 35.4 Å². The summed E-state index contributed by atoms with van der Waals surface area (Å²) in [5, 5.41) is 0. The number of rotatable bonds is 2. The maximum absolute atomic E-state index is 12.5. The molecular weight excluding hydrogens is 272 g/mol. The molecule has 1 amide bonds. The van der Waals surface area contributed by atoms with E-state index in [9.17, 15) is 4.79 Å². The van der Waals surface area contributed by atoms with E-state index in [4.69, 9.17) is 0 Å². The van der Waals surface area contributed by atoms with Crippen molar-refractivity contribution in [1.29, 1.82) is 0 Å². The number of carbonyl (C=O) groups is 1. The summed E-state index contributed by atoms with van der Waals surface area (Å²) in [5.74, 6) is 0.769. The van der Waals surface area contributed by atoms with Crippen LogP contribution in [0.5, 0.6) is 0 Å². The van der Waals surface area contributed by atoms with E-state index in [-0.39, 0.29) is 0 Å². The normalized spacial score (nSPS) is 23.9. The fraction of sp³-hybridized carbons (Fsp3) is 0.632. The zero-order valence-electron chi connectivity index (χ0n) is 13.3. The summed E-state index contributed by atoms with van der Waals surface area (Å²) in [6.07, 6.45) is 7.21. The minimum absolute atomic E-state index is 0.330. The Kier molecular flexibility index (Phi) is 3.91. The van der Waals surface area contributed by atoms with Crippen molar-refractivity contribution in [3.8, 4) is 0 Å². The van der Waals surface area contributed by atoms with Gasteiger partial charge in [-0.05, 0) is 30.4 Å². The van der Waals surface area contributed by atoms with E-state index in [0.717, 1.165) is 45.4 Å². The number of fused-ring (bicyclic) bond motifs is 1. The average Bonchev–Trinajstić information content (AvgIpc) is 2.54. The molecule has 1 saturated carbocycles. The van der Waals surface area contributed by atoms with Crippen LogP contribution >= 0.6 is 0 Å². The van der Waals surface area contributed by atoms with Crippen LogP contribution in [0, 0.1) is 5.92 Å². The molecule has 118 valence electrons. The molecule has 2 fully saturated rings. The first-order valence-electron chi connectivity index (χ1n) is 8.91. The Bertz CT molecular complexity index is 544. The van der Waals surface area contributed by atoms with Gasteiger partial charge in [0.1, 0.15) is 0 Å². The highest BCUT2D eigenvalue weighted by Gasteiger charge is 2.38. The molecule has 0 spiro atoms. The summed E-state index contributed by atoms with van der Waals surface area (Å²) in [5.41, 5.74) is 2.99. The summed E-state index contributed by atoms with van der Waals surface area (Å²) in [4.78, 5) is 17.2. The number of amides is 1. The maximum atomic E-state index is 12.5. The third-order valence-corrected chi connectivity index (χ3v) is 5.80. The Labute approximate surface area is 133 Å². The van der Waals surface area contributed by atoms with Crippen LogP contribution in [0.4, 0.5) is 0 Å². The third-order valence-electron chi connectivity index (χ3n) is 5.80. The van der Waals surface area contributed by atoms with Crippen LogP contribution in [0.15, 0.2) is 24.3 Å². The highest BCUT2D eigenvalue weighted by atomic mass is 16.2. The number of benzene rings is 1. The molecule has 2 heterocycles. The molecule has 1 aromatic carbocycles. The van der Waals surface area contributed by atoms with Crippen molar-refractivity contribution in [2.24, 2.45) is 5.92 Å². The molecule has 0 N–H and O–H groups in total. The molecule has 1 saturated heterocycles. The van der Waals surface area contributed by atoms with Gasteiger partial charge in [0.05, 0.1) is 0 Å². The fourth-order valence-electron chi connectivity index (χ4n) is 4.30. The van der Waals surface area contributed by atoms with Crippen molar-refractivity contribution in [2.45, 2.75) is 51.1 Å². The quantitative estimate of drug-likeness (QED) is 0.838. The van der Waals surface area contributed by atoms with Crippen LogP contribution in [0.3, 0.4) is 0 Å². The second-order valence-electron chi connectivity index (χ2n) is 7.22. The molecule has 2 aliphatic heterocycles. The molecule has 0 bridgehead atoms. The zero-order valence-corrected chi connectivity index (χ0v) is 13.3. The van der Waals surface area contributed by atoms with Gasteiger partial charge >= 0.3 is 0 Å². The van der Waals surface area contributed by atoms with E-state index >= 15 is 0 Å². The summed E-state index contributed by atoms with van der Waals surface area (Å²) in [7, 11) is 0. The Morgan fingerprint density at radius 2 is 1.73 bits per heavy atom. The SMILES string of the molecule is O=C(C1CCCCC1)N1CC(N2CCc3ccccc3C2)C1. The van der Waals surface area contributed by atoms with E-state index in [0.29, 0.717) is 17.9 Å². The van der Waals surface area contributed by atoms with Crippen molar-refractivity contribution >= 4 is 5.91 Å². The first-order valence-corrected chi connectivity index (χ1v) is 8.91. The molecule has 3 nitrogen and oxygen atoms in total. The number of hydrogen-bond donors (Lipinski definition) is 0. The van der Waals surface area contributed by atoms with Gasteiger partial charge in [-0.2, -0.15) is 0 Å². The Morgan fingerprint density at radius 3 is 2.50 bits per heavy atom. The van der Waals surface area contributed by atoms with Crippen LogP contribution in [0.1, 0.15) is 43.2 Å². The molecule has 0 radical (unpaired) electrons. The van der Waals surface area contributed by atoms with Crippen LogP contribution in [-0.4, -0.2) is 41.4 Å². The lowest BCUT2D eigenvalue weighted by Gasteiger charge is -2.48. The monoisotopic (exact) mass is 298 g/mol. The molecule has 0 atom stereocenters. The molecule has 0 aromatic heterocycles. The van der Waals surface area contributed by atoms with E-state index in [2.05, 4.69) is 34.1 Å². The van der Waals surface area contributed by atoms with Gasteiger partial charge in [-0.1, -0.05) is 43.5 Å². The molecule has 3 heteroatoms. The Morgan fingerprint density at radius 1 is 1.00 bits per heavy atom. The van der Waals surface area contributed by atoms with Gasteiger partial charge in [0.25, 0.3) is 0 Å². The highest BCUT2D eigenvalue weighted by Crippen LogP contribution is 2.29. The van der Waals surface area contributed by atoms with Crippen molar-refractivity contribution in [2.75, 3.05) is 19.6 Å². The molecule has 22 heavy (non-hydrogen) atoms. The largest absolute Gasteiger partial charge is 0.339 e. The van der Waals surface area contributed by atoms with Crippen molar-refractivity contribution in [1.82, 2.24) is 9.80 Å². The zero-order chi connectivity index (χ0) is 14.9. The maximum Gasteiger partial charge on any atom is 0.225 e. The molecule has 4 rings (SSSR count). The summed E-state index contributed by atoms with van der Waals surface area (Å²) >= 11 is 0. The smallest absolute Gasteiger partial charge is 0.225 e. The summed E-state index contributed by atoms with van der Waals surface area (Å²) in [6, 6.07) is 9.38. The first kappa shape index (κ1) is 14.3. The lowest BCUT2D eigenvalue weighted by atomic mass is 9.87. The minimum Gasteiger partial charge on any atom is -0.339 e. The third kappa shape index (κ3) is 2.67. The van der Waals surface area contributed by atoms with Gasteiger partial charge in [0, 0.05) is 38.1 Å². The predicted molar refractivity (Wildman–Crippen MR) is 87.5 cm³/mol.